The normalized spacial score (nSPS) is 24.2. The average Bonchev–Trinajstić information content (AvgIpc) is 3.04. The molecule has 0 radical (unpaired) electrons. The van der Waals surface area contributed by atoms with Crippen molar-refractivity contribution in [3.63, 3.8) is 0 Å². The quantitative estimate of drug-likeness (QED) is 0.703. The molecule has 2 aromatic rings. The van der Waals surface area contributed by atoms with Crippen molar-refractivity contribution in [2.45, 2.75) is 18.4 Å². The molecule has 0 bridgehead atoms. The van der Waals surface area contributed by atoms with Crippen LogP contribution in [0.25, 0.3) is 0 Å². The molecule has 0 spiro atoms. The predicted octanol–water partition coefficient (Wildman–Crippen LogP) is 5.11. The molecular weight excluding hydrogens is 373 g/mol. The van der Waals surface area contributed by atoms with Gasteiger partial charge in [0.05, 0.1) is 17.3 Å². The largest absolute Gasteiger partial charge is 0.478 e. The zero-order valence-electron chi connectivity index (χ0n) is 12.7. The molecule has 1 aliphatic carbocycles. The van der Waals surface area contributed by atoms with Crippen LogP contribution in [-0.4, -0.2) is 11.1 Å². The highest BCUT2D eigenvalue weighted by molar-refractivity contribution is 9.10. The number of hydrogen-bond acceptors (Lipinski definition) is 2. The van der Waals surface area contributed by atoms with Gasteiger partial charge < -0.3 is 10.4 Å². The van der Waals surface area contributed by atoms with Gasteiger partial charge in [-0.1, -0.05) is 46.3 Å². The lowest BCUT2D eigenvalue weighted by atomic mass is 9.76. The first kappa shape index (κ1) is 15.4. The third-order valence-electron chi connectivity index (χ3n) is 4.91. The molecule has 0 aromatic heterocycles. The molecule has 1 heterocycles. The van der Waals surface area contributed by atoms with Crippen molar-refractivity contribution < 1.29 is 14.3 Å². The molecule has 1 aliphatic heterocycles. The van der Waals surface area contributed by atoms with Crippen LogP contribution in [-0.2, 0) is 0 Å². The Hall–Kier alpha value is -2.14. The lowest BCUT2D eigenvalue weighted by molar-refractivity contribution is 0.0694. The van der Waals surface area contributed by atoms with E-state index in [-0.39, 0.29) is 29.3 Å². The molecule has 0 amide bonds. The molecule has 0 fully saturated rings. The first-order valence-corrected chi connectivity index (χ1v) is 8.60. The number of benzene rings is 2. The minimum atomic E-state index is -0.961. The number of fused-ring (bicyclic) bond motifs is 3. The summed E-state index contributed by atoms with van der Waals surface area (Å²) in [4.78, 5) is 11.6. The molecule has 122 valence electrons. The number of halogens is 2. The maximum atomic E-state index is 14.5. The summed E-state index contributed by atoms with van der Waals surface area (Å²) < 4.78 is 15.2. The van der Waals surface area contributed by atoms with Gasteiger partial charge >= 0.3 is 5.97 Å². The van der Waals surface area contributed by atoms with Crippen molar-refractivity contribution >= 4 is 27.6 Å². The number of nitrogens with one attached hydrogen (secondary N) is 1. The van der Waals surface area contributed by atoms with Gasteiger partial charge in [0.1, 0.15) is 5.82 Å². The molecule has 2 aliphatic rings. The first-order chi connectivity index (χ1) is 11.6. The van der Waals surface area contributed by atoms with E-state index < -0.39 is 5.97 Å². The van der Waals surface area contributed by atoms with Gasteiger partial charge in [0.2, 0.25) is 0 Å². The molecule has 3 atom stereocenters. The van der Waals surface area contributed by atoms with Gasteiger partial charge in [-0.3, -0.25) is 0 Å². The molecule has 2 N–H and O–H groups in total. The zero-order valence-corrected chi connectivity index (χ0v) is 14.3. The van der Waals surface area contributed by atoms with Gasteiger partial charge in [-0.25, -0.2) is 9.18 Å². The second-order valence-electron chi connectivity index (χ2n) is 6.22. The Bertz CT molecular complexity index is 864. The summed E-state index contributed by atoms with van der Waals surface area (Å²) in [5.74, 6) is -1.03. The second kappa shape index (κ2) is 5.74. The van der Waals surface area contributed by atoms with E-state index >= 15 is 0 Å². The van der Waals surface area contributed by atoms with Crippen LogP contribution in [0.4, 0.5) is 10.1 Å². The van der Waals surface area contributed by atoms with Crippen LogP contribution in [0.1, 0.15) is 39.9 Å². The summed E-state index contributed by atoms with van der Waals surface area (Å²) >= 11 is 3.36. The van der Waals surface area contributed by atoms with Crippen LogP contribution in [0, 0.1) is 11.7 Å². The highest BCUT2D eigenvalue weighted by Crippen LogP contribution is 2.51. The van der Waals surface area contributed by atoms with Gasteiger partial charge in [0.25, 0.3) is 0 Å². The van der Waals surface area contributed by atoms with Crippen LogP contribution < -0.4 is 5.32 Å². The summed E-state index contributed by atoms with van der Waals surface area (Å²) in [5, 5.41) is 12.8. The minimum absolute atomic E-state index is 0.0834. The summed E-state index contributed by atoms with van der Waals surface area (Å²) in [6.45, 7) is 0. The van der Waals surface area contributed by atoms with E-state index in [1.807, 2.05) is 18.2 Å². The number of aromatic carboxylic acids is 1. The van der Waals surface area contributed by atoms with Gasteiger partial charge in [0.15, 0.2) is 0 Å². The second-order valence-corrected chi connectivity index (χ2v) is 7.14. The van der Waals surface area contributed by atoms with Crippen LogP contribution >= 0.6 is 15.9 Å². The standard InChI is InChI=1S/C19H15BrFNO2/c20-10-8-15-11-6-3-7-12(11)17(22-18(15)16(21)9-10)13-4-1-2-5-14(13)19(23)24/h1-6,8-9,11-12,17,22H,7H2,(H,23,24)/t11-,12+,17-/m1/s1. The molecule has 0 saturated carbocycles. The van der Waals surface area contributed by atoms with Crippen molar-refractivity contribution in [2.75, 3.05) is 5.32 Å². The fourth-order valence-electron chi connectivity index (χ4n) is 3.89. The minimum Gasteiger partial charge on any atom is -0.478 e. The molecule has 2 aromatic carbocycles. The maximum Gasteiger partial charge on any atom is 0.336 e. The maximum absolute atomic E-state index is 14.5. The number of carboxylic acid groups (broad SMARTS) is 1. The third kappa shape index (κ3) is 2.35. The molecule has 24 heavy (non-hydrogen) atoms. The molecule has 5 heteroatoms. The Morgan fingerprint density at radius 1 is 1.25 bits per heavy atom. The molecule has 0 unspecified atom stereocenters. The fraction of sp³-hybridized carbons (Fsp3) is 0.211. The fourth-order valence-corrected chi connectivity index (χ4v) is 4.34. The van der Waals surface area contributed by atoms with E-state index in [9.17, 15) is 14.3 Å². The van der Waals surface area contributed by atoms with Gasteiger partial charge in [0, 0.05) is 10.4 Å². The number of anilines is 1. The van der Waals surface area contributed by atoms with Gasteiger partial charge in [-0.05, 0) is 41.7 Å². The number of carbonyl (C=O) groups is 1. The van der Waals surface area contributed by atoms with Crippen LogP contribution in [0.2, 0.25) is 0 Å². The first-order valence-electron chi connectivity index (χ1n) is 7.80. The van der Waals surface area contributed by atoms with E-state index in [4.69, 9.17) is 0 Å². The Kier molecular flexibility index (Phi) is 3.68. The van der Waals surface area contributed by atoms with E-state index in [1.54, 1.807) is 12.1 Å². The Balaban J connectivity index is 1.86. The van der Waals surface area contributed by atoms with Gasteiger partial charge in [-0.15, -0.1) is 0 Å². The summed E-state index contributed by atoms with van der Waals surface area (Å²) in [7, 11) is 0. The summed E-state index contributed by atoms with van der Waals surface area (Å²) in [5.41, 5.74) is 2.36. The zero-order chi connectivity index (χ0) is 16.8. The average molecular weight is 388 g/mol. The number of carboxylic acids is 1. The number of hydrogen-bond donors (Lipinski definition) is 2. The van der Waals surface area contributed by atoms with E-state index in [0.29, 0.717) is 15.7 Å². The van der Waals surface area contributed by atoms with E-state index in [2.05, 4.69) is 33.4 Å². The Morgan fingerprint density at radius 2 is 2.04 bits per heavy atom. The molecule has 3 nitrogen and oxygen atoms in total. The molecule has 4 rings (SSSR count). The molecular formula is C19H15BrFNO2. The topological polar surface area (TPSA) is 49.3 Å². The van der Waals surface area contributed by atoms with Crippen molar-refractivity contribution in [1.29, 1.82) is 0 Å². The van der Waals surface area contributed by atoms with Gasteiger partial charge in [-0.2, -0.15) is 0 Å². The lowest BCUT2D eigenvalue weighted by Gasteiger charge is -2.38. The summed E-state index contributed by atoms with van der Waals surface area (Å²) in [6.07, 6.45) is 5.04. The Morgan fingerprint density at radius 3 is 2.83 bits per heavy atom. The van der Waals surface area contributed by atoms with E-state index in [1.165, 1.54) is 6.07 Å². The number of rotatable bonds is 2. The lowest BCUT2D eigenvalue weighted by Crippen LogP contribution is -2.31. The van der Waals surface area contributed by atoms with Crippen molar-refractivity contribution in [3.05, 3.63) is 75.5 Å². The third-order valence-corrected chi connectivity index (χ3v) is 5.37. The highest BCUT2D eigenvalue weighted by Gasteiger charge is 2.40. The smallest absolute Gasteiger partial charge is 0.336 e. The van der Waals surface area contributed by atoms with Crippen LogP contribution in [0.15, 0.2) is 53.0 Å². The van der Waals surface area contributed by atoms with Crippen molar-refractivity contribution in [2.24, 2.45) is 5.92 Å². The van der Waals surface area contributed by atoms with Crippen LogP contribution in [0.3, 0.4) is 0 Å². The predicted molar refractivity (Wildman–Crippen MR) is 93.9 cm³/mol. The van der Waals surface area contributed by atoms with Crippen molar-refractivity contribution in [3.8, 4) is 0 Å². The van der Waals surface area contributed by atoms with Crippen LogP contribution in [0.5, 0.6) is 0 Å². The Labute approximate surface area is 147 Å². The highest BCUT2D eigenvalue weighted by atomic mass is 79.9. The number of allylic oxidation sites excluding steroid dienone is 2. The monoisotopic (exact) mass is 387 g/mol. The summed E-state index contributed by atoms with van der Waals surface area (Å²) in [6, 6.07) is 10.1. The SMILES string of the molecule is O=C(O)c1ccccc1[C@@H]1Nc2c(F)cc(Br)cc2[C@@H]2C=CC[C@@H]21. The van der Waals surface area contributed by atoms with E-state index in [0.717, 1.165) is 12.0 Å². The van der Waals surface area contributed by atoms with Crippen molar-refractivity contribution in [1.82, 2.24) is 0 Å². The molecule has 0 saturated heterocycles.